The number of rotatable bonds is 4. The lowest BCUT2D eigenvalue weighted by Crippen LogP contribution is -2.02. The van der Waals surface area contributed by atoms with Crippen molar-refractivity contribution in [3.8, 4) is 0 Å². The maximum Gasteiger partial charge on any atom is 0.337 e. The highest BCUT2D eigenvalue weighted by atomic mass is 16.5. The highest BCUT2D eigenvalue weighted by molar-refractivity contribution is 5.95. The molecule has 0 unspecified atom stereocenters. The first-order valence-corrected chi connectivity index (χ1v) is 7.93. The number of nitrogens with zero attached hydrogens (tertiary/aromatic N) is 1. The van der Waals surface area contributed by atoms with E-state index >= 15 is 0 Å². The Balaban J connectivity index is 2.02. The van der Waals surface area contributed by atoms with Crippen LogP contribution in [0.3, 0.4) is 0 Å². The second kappa shape index (κ2) is 6.71. The van der Waals surface area contributed by atoms with E-state index in [4.69, 9.17) is 4.74 Å². The van der Waals surface area contributed by atoms with Gasteiger partial charge in [0.1, 0.15) is 0 Å². The van der Waals surface area contributed by atoms with E-state index in [0.717, 1.165) is 22.3 Å². The Bertz CT molecular complexity index is 888. The molecule has 4 heteroatoms. The molecule has 3 aromatic rings. The number of para-hydroxylation sites is 1. The molecule has 0 radical (unpaired) electrons. The molecule has 2 aromatic carbocycles. The maximum absolute atomic E-state index is 11.7. The van der Waals surface area contributed by atoms with Gasteiger partial charge in [0, 0.05) is 23.0 Å². The minimum atomic E-state index is -0.347. The predicted octanol–water partition coefficient (Wildman–Crippen LogP) is 4.89. The number of hydrogen-bond donors (Lipinski definition) is 1. The van der Waals surface area contributed by atoms with Gasteiger partial charge in [0.2, 0.25) is 0 Å². The monoisotopic (exact) mass is 320 g/mol. The lowest BCUT2D eigenvalue weighted by atomic mass is 9.99. The number of carbonyl (C=O) groups is 1. The highest BCUT2D eigenvalue weighted by Crippen LogP contribution is 2.30. The third kappa shape index (κ3) is 3.08. The molecule has 1 heterocycles. The van der Waals surface area contributed by atoms with Crippen molar-refractivity contribution in [2.45, 2.75) is 19.8 Å². The number of hydrogen-bond acceptors (Lipinski definition) is 4. The molecular formula is C20H20N2O2. The second-order valence-electron chi connectivity index (χ2n) is 5.95. The van der Waals surface area contributed by atoms with Crippen LogP contribution in [-0.4, -0.2) is 18.1 Å². The summed E-state index contributed by atoms with van der Waals surface area (Å²) in [5.74, 6) is 0.0550. The van der Waals surface area contributed by atoms with Gasteiger partial charge in [-0.2, -0.15) is 0 Å². The summed E-state index contributed by atoms with van der Waals surface area (Å²) < 4.78 is 4.78. The largest absolute Gasteiger partial charge is 0.465 e. The molecule has 0 spiro atoms. The van der Waals surface area contributed by atoms with Crippen molar-refractivity contribution in [3.63, 3.8) is 0 Å². The third-order valence-electron chi connectivity index (χ3n) is 3.99. The fraction of sp³-hybridized carbons (Fsp3) is 0.200. The number of fused-ring (bicyclic) bond motifs is 1. The number of methoxy groups -OCH3 is 1. The molecule has 0 saturated heterocycles. The van der Waals surface area contributed by atoms with Crippen molar-refractivity contribution in [2.24, 2.45) is 0 Å². The molecule has 122 valence electrons. The second-order valence-corrected chi connectivity index (χ2v) is 5.95. The van der Waals surface area contributed by atoms with E-state index < -0.39 is 0 Å². The van der Waals surface area contributed by atoms with Gasteiger partial charge in [0.15, 0.2) is 0 Å². The van der Waals surface area contributed by atoms with Gasteiger partial charge < -0.3 is 10.1 Å². The van der Waals surface area contributed by atoms with E-state index in [1.807, 2.05) is 18.2 Å². The normalized spacial score (nSPS) is 10.8. The number of pyridine rings is 1. The van der Waals surface area contributed by atoms with Crippen molar-refractivity contribution in [1.82, 2.24) is 4.98 Å². The Labute approximate surface area is 141 Å². The van der Waals surface area contributed by atoms with Gasteiger partial charge >= 0.3 is 5.97 Å². The number of benzene rings is 2. The summed E-state index contributed by atoms with van der Waals surface area (Å²) in [6.45, 7) is 4.33. The summed E-state index contributed by atoms with van der Waals surface area (Å²) >= 11 is 0. The van der Waals surface area contributed by atoms with E-state index in [1.54, 1.807) is 18.3 Å². The Hall–Kier alpha value is -2.88. The van der Waals surface area contributed by atoms with Crippen molar-refractivity contribution in [2.75, 3.05) is 12.4 Å². The average molecular weight is 320 g/mol. The van der Waals surface area contributed by atoms with Crippen LogP contribution in [-0.2, 0) is 4.74 Å². The fourth-order valence-electron chi connectivity index (χ4n) is 2.77. The molecule has 1 aromatic heterocycles. The topological polar surface area (TPSA) is 51.2 Å². The first-order valence-electron chi connectivity index (χ1n) is 7.93. The van der Waals surface area contributed by atoms with Crippen LogP contribution >= 0.6 is 0 Å². The Morgan fingerprint density at radius 2 is 1.92 bits per heavy atom. The minimum absolute atomic E-state index is 0.347. The van der Waals surface area contributed by atoms with E-state index in [0.29, 0.717) is 11.5 Å². The van der Waals surface area contributed by atoms with Gasteiger partial charge in [-0.05, 0) is 35.7 Å². The molecule has 0 amide bonds. The Kier molecular flexibility index (Phi) is 4.47. The number of nitrogens with one attached hydrogen (secondary N) is 1. The molecular weight excluding hydrogens is 300 g/mol. The van der Waals surface area contributed by atoms with Gasteiger partial charge in [0.05, 0.1) is 18.2 Å². The number of ether oxygens (including phenoxy) is 1. The molecule has 0 bridgehead atoms. The SMILES string of the molecule is COC(=O)c1cccc(Nc2ccnc3c(C(C)C)cccc23)c1. The van der Waals surface area contributed by atoms with Crippen molar-refractivity contribution in [1.29, 1.82) is 0 Å². The Morgan fingerprint density at radius 1 is 1.12 bits per heavy atom. The minimum Gasteiger partial charge on any atom is -0.465 e. The van der Waals surface area contributed by atoms with Gasteiger partial charge in [-0.1, -0.05) is 38.1 Å². The van der Waals surface area contributed by atoms with Gasteiger partial charge in [-0.3, -0.25) is 4.98 Å². The summed E-state index contributed by atoms with van der Waals surface area (Å²) in [5.41, 5.74) is 4.54. The fourth-order valence-corrected chi connectivity index (χ4v) is 2.77. The summed E-state index contributed by atoms with van der Waals surface area (Å²) in [4.78, 5) is 16.2. The van der Waals surface area contributed by atoms with E-state index in [2.05, 4.69) is 42.3 Å². The zero-order chi connectivity index (χ0) is 17.1. The first kappa shape index (κ1) is 16.0. The van der Waals surface area contributed by atoms with Gasteiger partial charge in [-0.25, -0.2) is 4.79 Å². The smallest absolute Gasteiger partial charge is 0.337 e. The molecule has 0 atom stereocenters. The van der Waals surface area contributed by atoms with E-state index in [-0.39, 0.29) is 5.97 Å². The van der Waals surface area contributed by atoms with E-state index in [1.165, 1.54) is 12.7 Å². The molecule has 0 aliphatic rings. The van der Waals surface area contributed by atoms with Crippen LogP contribution in [0.5, 0.6) is 0 Å². The van der Waals surface area contributed by atoms with Crippen molar-refractivity contribution < 1.29 is 9.53 Å². The maximum atomic E-state index is 11.7. The lowest BCUT2D eigenvalue weighted by Gasteiger charge is -2.13. The summed E-state index contributed by atoms with van der Waals surface area (Å²) in [5, 5.41) is 4.45. The lowest BCUT2D eigenvalue weighted by molar-refractivity contribution is 0.0601. The third-order valence-corrected chi connectivity index (χ3v) is 3.99. The van der Waals surface area contributed by atoms with Gasteiger partial charge in [0.25, 0.3) is 0 Å². The molecule has 0 aliphatic heterocycles. The number of aromatic nitrogens is 1. The standard InChI is InChI=1S/C20H20N2O2/c1-13(2)16-8-5-9-17-18(10-11-21-19(16)17)22-15-7-4-6-14(12-15)20(23)24-3/h4-13H,1-3H3,(H,21,22). The average Bonchev–Trinajstić information content (AvgIpc) is 2.61. The van der Waals surface area contributed by atoms with Gasteiger partial charge in [-0.15, -0.1) is 0 Å². The summed E-state index contributed by atoms with van der Waals surface area (Å²) in [6.07, 6.45) is 1.81. The molecule has 0 saturated carbocycles. The summed E-state index contributed by atoms with van der Waals surface area (Å²) in [7, 11) is 1.38. The first-order chi connectivity index (χ1) is 11.6. The van der Waals surface area contributed by atoms with Crippen LogP contribution in [0, 0.1) is 0 Å². The molecule has 3 rings (SSSR count). The molecule has 4 nitrogen and oxygen atoms in total. The number of anilines is 2. The molecule has 0 fully saturated rings. The highest BCUT2D eigenvalue weighted by Gasteiger charge is 2.10. The quantitative estimate of drug-likeness (QED) is 0.695. The van der Waals surface area contributed by atoms with Crippen LogP contribution < -0.4 is 5.32 Å². The van der Waals surface area contributed by atoms with Crippen LogP contribution in [0.2, 0.25) is 0 Å². The Morgan fingerprint density at radius 3 is 2.67 bits per heavy atom. The molecule has 24 heavy (non-hydrogen) atoms. The number of esters is 1. The number of carbonyl (C=O) groups excluding carboxylic acids is 1. The molecule has 1 N–H and O–H groups in total. The predicted molar refractivity (Wildman–Crippen MR) is 96.9 cm³/mol. The van der Waals surface area contributed by atoms with Crippen LogP contribution in [0.15, 0.2) is 54.7 Å². The van der Waals surface area contributed by atoms with Crippen molar-refractivity contribution in [3.05, 3.63) is 65.9 Å². The summed E-state index contributed by atoms with van der Waals surface area (Å²) in [6, 6.07) is 15.4. The van der Waals surface area contributed by atoms with E-state index in [9.17, 15) is 4.79 Å². The van der Waals surface area contributed by atoms with Crippen LogP contribution in [0.25, 0.3) is 10.9 Å². The van der Waals surface area contributed by atoms with Crippen LogP contribution in [0.4, 0.5) is 11.4 Å². The zero-order valence-electron chi connectivity index (χ0n) is 14.0. The van der Waals surface area contributed by atoms with Crippen LogP contribution in [0.1, 0.15) is 35.7 Å². The van der Waals surface area contributed by atoms with Crippen molar-refractivity contribution >= 4 is 28.2 Å². The molecule has 0 aliphatic carbocycles. The zero-order valence-corrected chi connectivity index (χ0v) is 14.0.